The van der Waals surface area contributed by atoms with Crippen molar-refractivity contribution in [1.82, 2.24) is 0 Å². The Kier molecular flexibility index (Phi) is 4.33. The van der Waals surface area contributed by atoms with Gasteiger partial charge in [-0.25, -0.2) is 8.78 Å². The molecule has 5 nitrogen and oxygen atoms in total. The molecule has 0 aliphatic rings. The van der Waals surface area contributed by atoms with Gasteiger partial charge in [0.25, 0.3) is 12.1 Å². The Bertz CT molecular complexity index is 409. The number of nitro benzene ring substituents is 1. The van der Waals surface area contributed by atoms with Crippen LogP contribution in [0.25, 0.3) is 0 Å². The van der Waals surface area contributed by atoms with Crippen molar-refractivity contribution in [3.63, 3.8) is 0 Å². The largest absolute Gasteiger partial charge is 0.487 e. The summed E-state index contributed by atoms with van der Waals surface area (Å²) in [7, 11) is 0. The van der Waals surface area contributed by atoms with Gasteiger partial charge in [-0.1, -0.05) is 0 Å². The van der Waals surface area contributed by atoms with E-state index in [1.807, 2.05) is 0 Å². The Hall–Kier alpha value is -1.76. The van der Waals surface area contributed by atoms with E-state index < -0.39 is 24.1 Å². The highest BCUT2D eigenvalue weighted by molar-refractivity contribution is 5.44. The molecule has 0 saturated heterocycles. The molecule has 0 aliphatic carbocycles. The number of hydrogen-bond donors (Lipinski definition) is 1. The van der Waals surface area contributed by atoms with Crippen molar-refractivity contribution in [3.8, 4) is 5.75 Å². The van der Waals surface area contributed by atoms with Crippen molar-refractivity contribution >= 4 is 5.69 Å². The van der Waals surface area contributed by atoms with E-state index in [1.54, 1.807) is 0 Å². The van der Waals surface area contributed by atoms with Gasteiger partial charge in [0, 0.05) is 17.7 Å². The van der Waals surface area contributed by atoms with Gasteiger partial charge in [0.05, 0.1) is 11.0 Å². The summed E-state index contributed by atoms with van der Waals surface area (Å²) in [6.07, 6.45) is -3.69. The van der Waals surface area contributed by atoms with Gasteiger partial charge >= 0.3 is 0 Å². The predicted octanol–water partition coefficient (Wildman–Crippen LogP) is 2.29. The van der Waals surface area contributed by atoms with Gasteiger partial charge in [0.15, 0.2) is 0 Å². The summed E-state index contributed by atoms with van der Waals surface area (Å²) >= 11 is 0. The van der Waals surface area contributed by atoms with Gasteiger partial charge in [-0.15, -0.1) is 0 Å². The zero-order valence-corrected chi connectivity index (χ0v) is 8.97. The van der Waals surface area contributed by atoms with E-state index in [1.165, 1.54) is 13.0 Å². The van der Waals surface area contributed by atoms with Crippen LogP contribution in [-0.2, 0) is 0 Å². The SMILES string of the molecule is C[C@H](O)c1cc([N+](=O)[O-])ccc1OCC(F)F. The van der Waals surface area contributed by atoms with Crippen LogP contribution >= 0.6 is 0 Å². The smallest absolute Gasteiger partial charge is 0.272 e. The fraction of sp³-hybridized carbons (Fsp3) is 0.400. The first-order chi connectivity index (χ1) is 7.91. The zero-order valence-electron chi connectivity index (χ0n) is 8.97. The standard InChI is InChI=1S/C10H11F2NO4/c1-6(14)8-4-7(13(15)16)2-3-9(8)17-5-10(11)12/h2-4,6,10,14H,5H2,1H3/t6-/m0/s1. The lowest BCUT2D eigenvalue weighted by Crippen LogP contribution is -2.09. The highest BCUT2D eigenvalue weighted by atomic mass is 19.3. The van der Waals surface area contributed by atoms with Crippen LogP contribution < -0.4 is 4.74 Å². The molecule has 0 saturated carbocycles. The van der Waals surface area contributed by atoms with Crippen molar-refractivity contribution in [2.24, 2.45) is 0 Å². The van der Waals surface area contributed by atoms with E-state index >= 15 is 0 Å². The molecular formula is C10H11F2NO4. The lowest BCUT2D eigenvalue weighted by atomic mass is 10.1. The third-order valence-corrected chi connectivity index (χ3v) is 2.02. The van der Waals surface area contributed by atoms with E-state index in [9.17, 15) is 24.0 Å². The molecule has 0 aromatic heterocycles. The molecular weight excluding hydrogens is 236 g/mol. The second-order valence-corrected chi connectivity index (χ2v) is 3.36. The summed E-state index contributed by atoms with van der Waals surface area (Å²) in [4.78, 5) is 9.88. The first kappa shape index (κ1) is 13.3. The number of nitro groups is 1. The number of hydrogen-bond acceptors (Lipinski definition) is 4. The first-order valence-electron chi connectivity index (χ1n) is 4.79. The van der Waals surface area contributed by atoms with Crippen LogP contribution in [0.15, 0.2) is 18.2 Å². The van der Waals surface area contributed by atoms with Crippen LogP contribution in [0.4, 0.5) is 14.5 Å². The van der Waals surface area contributed by atoms with Gasteiger partial charge in [0.1, 0.15) is 12.4 Å². The van der Waals surface area contributed by atoms with Crippen molar-refractivity contribution in [3.05, 3.63) is 33.9 Å². The van der Waals surface area contributed by atoms with Crippen LogP contribution in [-0.4, -0.2) is 23.1 Å². The van der Waals surface area contributed by atoms with Gasteiger partial charge < -0.3 is 9.84 Å². The van der Waals surface area contributed by atoms with E-state index in [0.717, 1.165) is 12.1 Å². The number of non-ortho nitro benzene ring substituents is 1. The molecule has 1 atom stereocenters. The maximum absolute atomic E-state index is 12.0. The number of aliphatic hydroxyl groups is 1. The number of halogens is 2. The molecule has 1 aromatic carbocycles. The van der Waals surface area contributed by atoms with Crippen LogP contribution in [0.1, 0.15) is 18.6 Å². The summed E-state index contributed by atoms with van der Waals surface area (Å²) in [5.74, 6) is 0.0194. The Morgan fingerprint density at radius 3 is 2.65 bits per heavy atom. The molecule has 17 heavy (non-hydrogen) atoms. The number of aliphatic hydroxyl groups excluding tert-OH is 1. The van der Waals surface area contributed by atoms with Crippen molar-refractivity contribution < 1.29 is 23.5 Å². The molecule has 0 radical (unpaired) electrons. The van der Waals surface area contributed by atoms with Crippen molar-refractivity contribution in [2.45, 2.75) is 19.5 Å². The van der Waals surface area contributed by atoms with Gasteiger partial charge in [-0.3, -0.25) is 10.1 Å². The molecule has 0 unspecified atom stereocenters. The normalized spacial score (nSPS) is 12.5. The molecule has 0 spiro atoms. The number of benzene rings is 1. The number of ether oxygens (including phenoxy) is 1. The first-order valence-corrected chi connectivity index (χ1v) is 4.79. The van der Waals surface area contributed by atoms with Gasteiger partial charge in [-0.05, 0) is 13.0 Å². The molecule has 94 valence electrons. The average Bonchev–Trinajstić information content (AvgIpc) is 2.25. The van der Waals surface area contributed by atoms with E-state index in [4.69, 9.17) is 4.74 Å². The summed E-state index contributed by atoms with van der Waals surface area (Å²) < 4.78 is 28.7. The Morgan fingerprint density at radius 2 is 2.18 bits per heavy atom. The molecule has 1 N–H and O–H groups in total. The topological polar surface area (TPSA) is 72.6 Å². The molecule has 7 heteroatoms. The maximum atomic E-state index is 12.0. The molecule has 0 heterocycles. The summed E-state index contributed by atoms with van der Waals surface area (Å²) in [6, 6.07) is 3.43. The van der Waals surface area contributed by atoms with Crippen LogP contribution in [0.3, 0.4) is 0 Å². The Labute approximate surface area is 95.8 Å². The van der Waals surface area contributed by atoms with E-state index in [2.05, 4.69) is 0 Å². The fourth-order valence-electron chi connectivity index (χ4n) is 1.26. The number of alkyl halides is 2. The summed E-state index contributed by atoms with van der Waals surface area (Å²) in [5.41, 5.74) is -0.120. The lowest BCUT2D eigenvalue weighted by molar-refractivity contribution is -0.385. The van der Waals surface area contributed by atoms with E-state index in [0.29, 0.717) is 0 Å². The summed E-state index contributed by atoms with van der Waals surface area (Å²) in [5, 5.41) is 19.9. The minimum absolute atomic E-state index is 0.0194. The third-order valence-electron chi connectivity index (χ3n) is 2.02. The highest BCUT2D eigenvalue weighted by Gasteiger charge is 2.16. The van der Waals surface area contributed by atoms with E-state index in [-0.39, 0.29) is 17.0 Å². The third kappa shape index (κ3) is 3.63. The zero-order chi connectivity index (χ0) is 13.0. The highest BCUT2D eigenvalue weighted by Crippen LogP contribution is 2.29. The average molecular weight is 247 g/mol. The Balaban J connectivity index is 3.00. The van der Waals surface area contributed by atoms with Gasteiger partial charge in [0.2, 0.25) is 0 Å². The van der Waals surface area contributed by atoms with Gasteiger partial charge in [-0.2, -0.15) is 0 Å². The molecule has 0 amide bonds. The minimum Gasteiger partial charge on any atom is -0.487 e. The second kappa shape index (κ2) is 5.53. The van der Waals surface area contributed by atoms with Crippen LogP contribution in [0.2, 0.25) is 0 Å². The minimum atomic E-state index is -2.65. The second-order valence-electron chi connectivity index (χ2n) is 3.36. The monoisotopic (exact) mass is 247 g/mol. The van der Waals surface area contributed by atoms with Crippen molar-refractivity contribution in [2.75, 3.05) is 6.61 Å². The maximum Gasteiger partial charge on any atom is 0.272 e. The Morgan fingerprint density at radius 1 is 1.53 bits per heavy atom. The molecule has 1 rings (SSSR count). The van der Waals surface area contributed by atoms with Crippen molar-refractivity contribution in [1.29, 1.82) is 0 Å². The van der Waals surface area contributed by atoms with Crippen LogP contribution in [0, 0.1) is 10.1 Å². The molecule has 1 aromatic rings. The predicted molar refractivity (Wildman–Crippen MR) is 55.2 cm³/mol. The lowest BCUT2D eigenvalue weighted by Gasteiger charge is -2.12. The molecule has 0 aliphatic heterocycles. The molecule has 0 bridgehead atoms. The molecule has 0 fully saturated rings. The number of nitrogens with zero attached hydrogens (tertiary/aromatic N) is 1. The summed E-state index contributed by atoms with van der Waals surface area (Å²) in [6.45, 7) is 0.547. The fourth-order valence-corrected chi connectivity index (χ4v) is 1.26. The quantitative estimate of drug-likeness (QED) is 0.640. The van der Waals surface area contributed by atoms with Crippen LogP contribution in [0.5, 0.6) is 5.75 Å². The number of rotatable bonds is 5.